The van der Waals surface area contributed by atoms with Gasteiger partial charge in [0, 0.05) is 24.1 Å². The summed E-state index contributed by atoms with van der Waals surface area (Å²) in [6, 6.07) is 15.5. The van der Waals surface area contributed by atoms with Crippen molar-refractivity contribution < 1.29 is 9.47 Å². The van der Waals surface area contributed by atoms with Crippen molar-refractivity contribution in [3.05, 3.63) is 72.1 Å². The van der Waals surface area contributed by atoms with Gasteiger partial charge in [-0.05, 0) is 29.3 Å². The number of benzene rings is 2. The number of guanidine groups is 1. The van der Waals surface area contributed by atoms with Crippen molar-refractivity contribution in [3.63, 3.8) is 0 Å². The molecule has 0 atom stereocenters. The lowest BCUT2D eigenvalue weighted by atomic mass is 10.1. The third-order valence-electron chi connectivity index (χ3n) is 4.09. The maximum Gasteiger partial charge on any atom is 0.193 e. The second-order valence-electron chi connectivity index (χ2n) is 5.87. The first kappa shape index (κ1) is 21.5. The lowest BCUT2D eigenvalue weighted by Crippen LogP contribution is -2.22. The van der Waals surface area contributed by atoms with E-state index in [0.717, 1.165) is 16.8 Å². The van der Waals surface area contributed by atoms with Crippen molar-refractivity contribution in [2.75, 3.05) is 19.5 Å². The summed E-state index contributed by atoms with van der Waals surface area (Å²) in [5, 5.41) is 7.33. The molecule has 0 unspecified atom stereocenters. The van der Waals surface area contributed by atoms with Gasteiger partial charge in [-0.3, -0.25) is 4.68 Å². The van der Waals surface area contributed by atoms with Crippen LogP contribution in [0.1, 0.15) is 11.1 Å². The molecule has 2 aromatic carbocycles. The first-order valence-electron chi connectivity index (χ1n) is 8.53. The highest BCUT2D eigenvalue weighted by molar-refractivity contribution is 14.0. The Morgan fingerprint density at radius 3 is 2.50 bits per heavy atom. The van der Waals surface area contributed by atoms with Crippen molar-refractivity contribution in [3.8, 4) is 11.5 Å². The molecule has 0 aliphatic heterocycles. The molecule has 0 radical (unpaired) electrons. The molecule has 1 heterocycles. The van der Waals surface area contributed by atoms with E-state index in [0.29, 0.717) is 30.5 Å². The lowest BCUT2D eigenvalue weighted by Gasteiger charge is -2.11. The quantitative estimate of drug-likeness (QED) is 0.299. The fourth-order valence-corrected chi connectivity index (χ4v) is 2.71. The van der Waals surface area contributed by atoms with Gasteiger partial charge in [0.25, 0.3) is 0 Å². The average molecular weight is 493 g/mol. The molecule has 0 saturated carbocycles. The van der Waals surface area contributed by atoms with E-state index in [1.54, 1.807) is 20.4 Å². The van der Waals surface area contributed by atoms with Gasteiger partial charge in [-0.1, -0.05) is 24.3 Å². The summed E-state index contributed by atoms with van der Waals surface area (Å²) in [5.41, 5.74) is 9.09. The number of nitrogens with one attached hydrogen (secondary N) is 1. The van der Waals surface area contributed by atoms with Crippen molar-refractivity contribution in [1.29, 1.82) is 0 Å². The van der Waals surface area contributed by atoms with Gasteiger partial charge in [0.1, 0.15) is 0 Å². The molecule has 3 N–H and O–H groups in total. The van der Waals surface area contributed by atoms with E-state index < -0.39 is 0 Å². The predicted octanol–water partition coefficient (Wildman–Crippen LogP) is 3.49. The van der Waals surface area contributed by atoms with Crippen LogP contribution in [0, 0.1) is 0 Å². The number of anilines is 1. The maximum absolute atomic E-state index is 6.05. The smallest absolute Gasteiger partial charge is 0.193 e. The highest BCUT2D eigenvalue weighted by Crippen LogP contribution is 2.29. The zero-order valence-electron chi connectivity index (χ0n) is 15.8. The molecule has 3 rings (SSSR count). The number of ether oxygens (including phenoxy) is 2. The molecule has 3 aromatic rings. The number of aliphatic imine (C=N–C) groups is 1. The summed E-state index contributed by atoms with van der Waals surface area (Å²) in [5.74, 6) is 1.61. The van der Waals surface area contributed by atoms with Crippen LogP contribution in [0.3, 0.4) is 0 Å². The number of nitrogens with zero attached hydrogens (tertiary/aromatic N) is 3. The predicted molar refractivity (Wildman–Crippen MR) is 122 cm³/mol. The fourth-order valence-electron chi connectivity index (χ4n) is 2.71. The fraction of sp³-hybridized carbons (Fsp3) is 0.200. The number of aromatic nitrogens is 2. The van der Waals surface area contributed by atoms with Crippen LogP contribution in [0.4, 0.5) is 5.69 Å². The molecule has 7 nitrogen and oxygen atoms in total. The van der Waals surface area contributed by atoms with E-state index in [-0.39, 0.29) is 24.0 Å². The van der Waals surface area contributed by atoms with Gasteiger partial charge in [-0.25, -0.2) is 4.99 Å². The minimum Gasteiger partial charge on any atom is -0.493 e. The molecule has 148 valence electrons. The summed E-state index contributed by atoms with van der Waals surface area (Å²) in [4.78, 5) is 4.46. The Bertz CT molecular complexity index is 913. The summed E-state index contributed by atoms with van der Waals surface area (Å²) < 4.78 is 12.4. The maximum atomic E-state index is 6.05. The Morgan fingerprint density at radius 2 is 1.82 bits per heavy atom. The molecule has 28 heavy (non-hydrogen) atoms. The second kappa shape index (κ2) is 10.5. The number of hydrogen-bond donors (Lipinski definition) is 2. The highest BCUT2D eigenvalue weighted by atomic mass is 127. The zero-order chi connectivity index (χ0) is 19.1. The Hall–Kier alpha value is -2.75. The van der Waals surface area contributed by atoms with Crippen molar-refractivity contribution >= 4 is 35.6 Å². The van der Waals surface area contributed by atoms with E-state index in [1.165, 1.54) is 0 Å². The van der Waals surface area contributed by atoms with Crippen LogP contribution in [0.2, 0.25) is 0 Å². The van der Waals surface area contributed by atoms with E-state index >= 15 is 0 Å². The van der Waals surface area contributed by atoms with Gasteiger partial charge in [0.15, 0.2) is 17.5 Å². The van der Waals surface area contributed by atoms with Gasteiger partial charge in [-0.2, -0.15) is 5.10 Å². The summed E-state index contributed by atoms with van der Waals surface area (Å²) in [7, 11) is 3.19. The second-order valence-corrected chi connectivity index (χ2v) is 5.87. The van der Waals surface area contributed by atoms with Crippen LogP contribution >= 0.6 is 24.0 Å². The molecule has 0 amide bonds. The van der Waals surface area contributed by atoms with E-state index in [4.69, 9.17) is 15.2 Å². The van der Waals surface area contributed by atoms with Gasteiger partial charge >= 0.3 is 0 Å². The summed E-state index contributed by atoms with van der Waals surface area (Å²) >= 11 is 0. The van der Waals surface area contributed by atoms with E-state index in [2.05, 4.69) is 21.5 Å². The van der Waals surface area contributed by atoms with E-state index in [1.807, 2.05) is 53.3 Å². The van der Waals surface area contributed by atoms with Gasteiger partial charge in [0.2, 0.25) is 0 Å². The van der Waals surface area contributed by atoms with Gasteiger partial charge < -0.3 is 20.5 Å². The Labute approximate surface area is 181 Å². The zero-order valence-corrected chi connectivity index (χ0v) is 18.2. The van der Waals surface area contributed by atoms with Crippen LogP contribution in [0.25, 0.3) is 0 Å². The third kappa shape index (κ3) is 5.62. The molecular formula is C20H24IN5O2. The van der Waals surface area contributed by atoms with Crippen LogP contribution in [-0.2, 0) is 13.1 Å². The number of rotatable bonds is 7. The molecule has 0 bridgehead atoms. The number of nitrogens with two attached hydrogens (primary N) is 1. The lowest BCUT2D eigenvalue weighted by molar-refractivity contribution is 0.355. The van der Waals surface area contributed by atoms with Crippen LogP contribution in [0.5, 0.6) is 11.5 Å². The number of halogens is 1. The highest BCUT2D eigenvalue weighted by Gasteiger charge is 2.06. The number of methoxy groups -OCH3 is 2. The Balaban J connectivity index is 0.00000280. The van der Waals surface area contributed by atoms with Gasteiger partial charge in [0.05, 0.1) is 27.3 Å². The normalized spacial score (nSPS) is 10.9. The monoisotopic (exact) mass is 493 g/mol. The SMILES string of the molecule is COc1ccc(NC(N)=NCc2ccccc2Cn2cccn2)cc1OC.I. The summed E-state index contributed by atoms with van der Waals surface area (Å²) in [6.07, 6.45) is 3.71. The molecule has 0 saturated heterocycles. The molecule has 0 aliphatic rings. The minimum atomic E-state index is 0. The average Bonchev–Trinajstić information content (AvgIpc) is 3.20. The van der Waals surface area contributed by atoms with Crippen LogP contribution in [-0.4, -0.2) is 30.0 Å². The van der Waals surface area contributed by atoms with Crippen molar-refractivity contribution in [1.82, 2.24) is 9.78 Å². The first-order chi connectivity index (χ1) is 13.2. The Morgan fingerprint density at radius 1 is 1.07 bits per heavy atom. The third-order valence-corrected chi connectivity index (χ3v) is 4.09. The number of hydrogen-bond acceptors (Lipinski definition) is 4. The molecule has 0 fully saturated rings. The topological polar surface area (TPSA) is 86.7 Å². The van der Waals surface area contributed by atoms with E-state index in [9.17, 15) is 0 Å². The molecule has 1 aromatic heterocycles. The standard InChI is InChI=1S/C20H23N5O2.HI/c1-26-18-9-8-17(12-19(18)27-2)24-20(21)22-13-15-6-3-4-7-16(15)14-25-11-5-10-23-25;/h3-12H,13-14H2,1-2H3,(H3,21,22,24);1H. The van der Waals surface area contributed by atoms with Gasteiger partial charge in [-0.15, -0.1) is 24.0 Å². The summed E-state index contributed by atoms with van der Waals surface area (Å²) in [6.45, 7) is 1.17. The van der Waals surface area contributed by atoms with Crippen LogP contribution < -0.4 is 20.5 Å². The van der Waals surface area contributed by atoms with Crippen molar-refractivity contribution in [2.45, 2.75) is 13.1 Å². The first-order valence-corrected chi connectivity index (χ1v) is 8.53. The largest absolute Gasteiger partial charge is 0.493 e. The molecular weight excluding hydrogens is 469 g/mol. The Kier molecular flexibility index (Phi) is 8.12. The molecule has 8 heteroatoms. The molecule has 0 spiro atoms. The van der Waals surface area contributed by atoms with Crippen molar-refractivity contribution in [2.24, 2.45) is 10.7 Å². The minimum absolute atomic E-state index is 0. The molecule has 0 aliphatic carbocycles. The van der Waals surface area contributed by atoms with Crippen LogP contribution in [0.15, 0.2) is 65.9 Å².